The van der Waals surface area contributed by atoms with Gasteiger partial charge in [-0.15, -0.1) is 6.42 Å². The first-order valence-electron chi connectivity index (χ1n) is 6.01. The number of terminal acetylenes is 1. The van der Waals surface area contributed by atoms with Gasteiger partial charge in [-0.3, -0.25) is 4.79 Å². The second-order valence-electron chi connectivity index (χ2n) is 3.61. The van der Waals surface area contributed by atoms with Crippen molar-refractivity contribution in [1.82, 2.24) is 16.0 Å². The normalized spacial score (nSPS) is 10.6. The lowest BCUT2D eigenvalue weighted by Crippen LogP contribution is -2.38. The van der Waals surface area contributed by atoms with Crippen molar-refractivity contribution in [1.29, 1.82) is 0 Å². The Morgan fingerprint density at radius 2 is 2.32 bits per heavy atom. The molecule has 0 fully saturated rings. The molecule has 6 heteroatoms. The van der Waals surface area contributed by atoms with Crippen molar-refractivity contribution in [2.24, 2.45) is 4.99 Å². The van der Waals surface area contributed by atoms with Crippen molar-refractivity contribution in [3.8, 4) is 12.3 Å². The third-order valence-corrected chi connectivity index (χ3v) is 2.12. The van der Waals surface area contributed by atoms with Crippen molar-refractivity contribution in [3.63, 3.8) is 0 Å². The molecule has 0 saturated heterocycles. The summed E-state index contributed by atoms with van der Waals surface area (Å²) in [5.74, 6) is 3.48. The van der Waals surface area contributed by atoms with Gasteiger partial charge >= 0.3 is 0 Å². The van der Waals surface area contributed by atoms with Gasteiger partial charge in [0.15, 0.2) is 5.96 Å². The number of aliphatic imine (C=N–C) groups is 1. The lowest BCUT2D eigenvalue weighted by molar-refractivity contribution is -0.119. The quantitative estimate of drug-likeness (QED) is 0.385. The van der Waals surface area contributed by atoms with Crippen LogP contribution in [0, 0.1) is 12.3 Å². The van der Waals surface area contributed by atoms with Crippen molar-refractivity contribution in [3.05, 3.63) is 24.2 Å². The predicted octanol–water partition coefficient (Wildman–Crippen LogP) is 0.0841. The maximum absolute atomic E-state index is 11.6. The first kappa shape index (κ1) is 14.6. The molecule has 1 aromatic rings. The van der Waals surface area contributed by atoms with Crippen LogP contribution in [-0.2, 0) is 11.3 Å². The summed E-state index contributed by atoms with van der Waals surface area (Å²) >= 11 is 0. The number of hydrogen-bond donors (Lipinski definition) is 3. The molecule has 3 N–H and O–H groups in total. The van der Waals surface area contributed by atoms with Crippen molar-refractivity contribution in [2.45, 2.75) is 13.5 Å². The van der Waals surface area contributed by atoms with Crippen LogP contribution in [-0.4, -0.2) is 31.5 Å². The number of guanidine groups is 1. The van der Waals surface area contributed by atoms with Crippen LogP contribution in [0.4, 0.5) is 0 Å². The molecule has 6 nitrogen and oxygen atoms in total. The van der Waals surface area contributed by atoms with Crippen LogP contribution >= 0.6 is 0 Å². The van der Waals surface area contributed by atoms with Gasteiger partial charge in [0.25, 0.3) is 0 Å². The number of nitrogens with one attached hydrogen (secondary N) is 3. The van der Waals surface area contributed by atoms with Crippen molar-refractivity contribution in [2.75, 3.05) is 19.6 Å². The summed E-state index contributed by atoms with van der Waals surface area (Å²) in [4.78, 5) is 15.7. The molecule has 0 aliphatic heterocycles. The van der Waals surface area contributed by atoms with Crippen LogP contribution in [0.3, 0.4) is 0 Å². The number of amides is 1. The molecule has 0 saturated carbocycles. The number of carbonyl (C=O) groups excluding carboxylic acids is 1. The van der Waals surface area contributed by atoms with Crippen LogP contribution in [0.5, 0.6) is 0 Å². The molecule has 1 amide bonds. The summed E-state index contributed by atoms with van der Waals surface area (Å²) in [6.45, 7) is 3.38. The van der Waals surface area contributed by atoms with Crippen LogP contribution in [0.15, 0.2) is 27.8 Å². The van der Waals surface area contributed by atoms with Gasteiger partial charge in [0.05, 0.1) is 19.4 Å². The molecule has 0 atom stereocenters. The molecule has 1 rings (SSSR count). The van der Waals surface area contributed by atoms with E-state index in [0.717, 1.165) is 0 Å². The van der Waals surface area contributed by atoms with Gasteiger partial charge < -0.3 is 20.4 Å². The third-order valence-electron chi connectivity index (χ3n) is 2.12. The van der Waals surface area contributed by atoms with Crippen LogP contribution in [0.2, 0.25) is 0 Å². The van der Waals surface area contributed by atoms with Crippen molar-refractivity contribution >= 4 is 11.9 Å². The average Bonchev–Trinajstić information content (AvgIpc) is 2.92. The highest BCUT2D eigenvalue weighted by atomic mass is 16.3. The lowest BCUT2D eigenvalue weighted by Gasteiger charge is -2.08. The highest BCUT2D eigenvalue weighted by Gasteiger charge is 2.02. The Hall–Kier alpha value is -2.42. The van der Waals surface area contributed by atoms with E-state index in [9.17, 15) is 4.79 Å². The monoisotopic (exact) mass is 262 g/mol. The largest absolute Gasteiger partial charge is 0.467 e. The van der Waals surface area contributed by atoms with E-state index in [1.54, 1.807) is 18.4 Å². The Kier molecular flexibility index (Phi) is 6.66. The molecule has 0 unspecified atom stereocenters. The fourth-order valence-electron chi connectivity index (χ4n) is 1.28. The van der Waals surface area contributed by atoms with Gasteiger partial charge in [0, 0.05) is 6.54 Å². The smallest absolute Gasteiger partial charge is 0.242 e. The molecule has 0 bridgehead atoms. The topological polar surface area (TPSA) is 78.7 Å². The lowest BCUT2D eigenvalue weighted by atomic mass is 10.4. The van der Waals surface area contributed by atoms with Gasteiger partial charge in [-0.2, -0.15) is 0 Å². The van der Waals surface area contributed by atoms with E-state index in [-0.39, 0.29) is 12.5 Å². The molecule has 0 aliphatic rings. The van der Waals surface area contributed by atoms with Gasteiger partial charge in [0.1, 0.15) is 12.3 Å². The molecule has 19 heavy (non-hydrogen) atoms. The summed E-state index contributed by atoms with van der Waals surface area (Å²) in [5.41, 5.74) is 0. The Bertz CT molecular complexity index is 446. The van der Waals surface area contributed by atoms with Crippen LogP contribution in [0.25, 0.3) is 0 Å². The van der Waals surface area contributed by atoms with E-state index in [2.05, 4.69) is 26.9 Å². The van der Waals surface area contributed by atoms with E-state index < -0.39 is 0 Å². The fraction of sp³-hybridized carbons (Fsp3) is 0.385. The zero-order chi connectivity index (χ0) is 13.9. The highest BCUT2D eigenvalue weighted by molar-refractivity contribution is 5.84. The Labute approximate surface area is 112 Å². The molecule has 102 valence electrons. The zero-order valence-electron chi connectivity index (χ0n) is 10.9. The fourth-order valence-corrected chi connectivity index (χ4v) is 1.28. The van der Waals surface area contributed by atoms with Gasteiger partial charge in [-0.1, -0.05) is 5.92 Å². The summed E-state index contributed by atoms with van der Waals surface area (Å²) in [6, 6.07) is 3.56. The second kappa shape index (κ2) is 8.64. The molecular weight excluding hydrogens is 244 g/mol. The molecule has 0 spiro atoms. The van der Waals surface area contributed by atoms with Gasteiger partial charge in [-0.25, -0.2) is 4.99 Å². The summed E-state index contributed by atoms with van der Waals surface area (Å²) in [7, 11) is 0. The standard InChI is InChI=1S/C13H18N4O2/c1-3-7-15-13(14-4-2)17-10-12(18)16-9-11-6-5-8-19-11/h1,5-6,8H,4,7,9-10H2,2H3,(H,16,18)(H2,14,15,17). The Morgan fingerprint density at radius 3 is 2.95 bits per heavy atom. The van der Waals surface area contributed by atoms with E-state index in [4.69, 9.17) is 10.8 Å². The first-order chi connectivity index (χ1) is 9.26. The summed E-state index contributed by atoms with van der Waals surface area (Å²) < 4.78 is 5.10. The van der Waals surface area contributed by atoms with Crippen LogP contribution in [0.1, 0.15) is 12.7 Å². The second-order valence-corrected chi connectivity index (χ2v) is 3.61. The number of hydrogen-bond acceptors (Lipinski definition) is 3. The highest BCUT2D eigenvalue weighted by Crippen LogP contribution is 1.98. The molecule has 0 aromatic carbocycles. The van der Waals surface area contributed by atoms with Gasteiger partial charge in [-0.05, 0) is 19.1 Å². The van der Waals surface area contributed by atoms with E-state index in [1.165, 1.54) is 0 Å². The minimum Gasteiger partial charge on any atom is -0.467 e. The first-order valence-corrected chi connectivity index (χ1v) is 6.01. The van der Waals surface area contributed by atoms with Crippen molar-refractivity contribution < 1.29 is 9.21 Å². The Morgan fingerprint density at radius 1 is 1.47 bits per heavy atom. The van der Waals surface area contributed by atoms with Crippen LogP contribution < -0.4 is 16.0 Å². The number of nitrogens with zero attached hydrogens (tertiary/aromatic N) is 1. The zero-order valence-corrected chi connectivity index (χ0v) is 10.9. The molecule has 0 radical (unpaired) electrons. The number of furan rings is 1. The van der Waals surface area contributed by atoms with E-state index in [0.29, 0.717) is 31.4 Å². The van der Waals surface area contributed by atoms with E-state index >= 15 is 0 Å². The minimum atomic E-state index is -0.186. The minimum absolute atomic E-state index is 0.0284. The maximum Gasteiger partial charge on any atom is 0.242 e. The molecule has 0 aliphatic carbocycles. The SMILES string of the molecule is C#CCNC(=NCC(=O)NCc1ccco1)NCC. The van der Waals surface area contributed by atoms with E-state index in [1.807, 2.05) is 6.92 Å². The third kappa shape index (κ3) is 6.17. The number of carbonyl (C=O) groups is 1. The molecule has 1 aromatic heterocycles. The maximum atomic E-state index is 11.6. The predicted molar refractivity (Wildman–Crippen MR) is 73.4 cm³/mol. The summed E-state index contributed by atoms with van der Waals surface area (Å²) in [5, 5.41) is 8.59. The molecule has 1 heterocycles. The average molecular weight is 262 g/mol. The number of rotatable bonds is 6. The summed E-state index contributed by atoms with van der Waals surface area (Å²) in [6.07, 6.45) is 6.71. The van der Waals surface area contributed by atoms with Gasteiger partial charge in [0.2, 0.25) is 5.91 Å². The Balaban J connectivity index is 2.34. The molecular formula is C13H18N4O2.